The van der Waals surface area contributed by atoms with Crippen LogP contribution >= 0.6 is 0 Å². The Morgan fingerprint density at radius 2 is 1.75 bits per heavy atom. The maximum Gasteiger partial charge on any atom is 0.179 e. The molecule has 0 aliphatic carbocycles. The van der Waals surface area contributed by atoms with E-state index in [-0.39, 0.29) is 16.7 Å². The summed E-state index contributed by atoms with van der Waals surface area (Å²) in [6, 6.07) is 6.00. The molecule has 1 heterocycles. The lowest BCUT2D eigenvalue weighted by Crippen LogP contribution is -2.50. The summed E-state index contributed by atoms with van der Waals surface area (Å²) in [7, 11) is -3.22. The van der Waals surface area contributed by atoms with Crippen LogP contribution in [0.5, 0.6) is 0 Å². The van der Waals surface area contributed by atoms with E-state index in [9.17, 15) is 13.2 Å². The van der Waals surface area contributed by atoms with E-state index in [0.717, 1.165) is 32.4 Å². The zero-order valence-electron chi connectivity index (χ0n) is 11.8. The van der Waals surface area contributed by atoms with Crippen molar-refractivity contribution in [3.63, 3.8) is 0 Å². The molecule has 1 N–H and O–H groups in total. The van der Waals surface area contributed by atoms with Crippen molar-refractivity contribution in [2.24, 2.45) is 0 Å². The van der Waals surface area contributed by atoms with Crippen molar-refractivity contribution in [3.05, 3.63) is 29.8 Å². The zero-order valence-corrected chi connectivity index (χ0v) is 12.6. The summed E-state index contributed by atoms with van der Waals surface area (Å²) >= 11 is 0. The predicted octanol–water partition coefficient (Wildman–Crippen LogP) is 0.567. The molecule has 1 aliphatic heterocycles. The molecule has 2 rings (SSSR count). The zero-order chi connectivity index (χ0) is 14.8. The van der Waals surface area contributed by atoms with E-state index in [1.165, 1.54) is 12.1 Å². The minimum atomic E-state index is -3.22. The summed E-state index contributed by atoms with van der Waals surface area (Å²) in [5, 5.41) is 3.25. The van der Waals surface area contributed by atoms with Crippen molar-refractivity contribution < 1.29 is 13.2 Å². The third-order valence-corrected chi connectivity index (χ3v) is 4.77. The number of ketones is 1. The van der Waals surface area contributed by atoms with Gasteiger partial charge in [0.25, 0.3) is 0 Å². The van der Waals surface area contributed by atoms with E-state index in [1.54, 1.807) is 12.1 Å². The van der Waals surface area contributed by atoms with Crippen LogP contribution in [0.15, 0.2) is 29.2 Å². The number of nitrogens with zero attached hydrogens (tertiary/aromatic N) is 1. The van der Waals surface area contributed by atoms with E-state index < -0.39 is 9.84 Å². The molecule has 6 heteroatoms. The first-order valence-corrected chi connectivity index (χ1v) is 8.58. The van der Waals surface area contributed by atoms with Crippen LogP contribution in [0.2, 0.25) is 0 Å². The SMILES string of the molecule is CC(C(=O)c1ccc(S(C)(=O)=O)cc1)N1CCNCC1. The molecule has 5 nitrogen and oxygen atoms in total. The van der Waals surface area contributed by atoms with Crippen LogP contribution < -0.4 is 5.32 Å². The number of carbonyl (C=O) groups is 1. The summed E-state index contributed by atoms with van der Waals surface area (Å²) < 4.78 is 22.8. The van der Waals surface area contributed by atoms with Crippen LogP contribution in [0.25, 0.3) is 0 Å². The van der Waals surface area contributed by atoms with Gasteiger partial charge in [0.15, 0.2) is 15.6 Å². The quantitative estimate of drug-likeness (QED) is 0.823. The average Bonchev–Trinajstić information content (AvgIpc) is 2.46. The molecular formula is C14H20N2O3S. The highest BCUT2D eigenvalue weighted by Crippen LogP contribution is 2.14. The fourth-order valence-electron chi connectivity index (χ4n) is 2.34. The van der Waals surface area contributed by atoms with E-state index in [4.69, 9.17) is 0 Å². The molecule has 0 amide bonds. The van der Waals surface area contributed by atoms with Crippen LogP contribution in [0.3, 0.4) is 0 Å². The number of hydrogen-bond acceptors (Lipinski definition) is 5. The number of sulfone groups is 1. The van der Waals surface area contributed by atoms with Crippen LogP contribution in [0.4, 0.5) is 0 Å². The summed E-state index contributed by atoms with van der Waals surface area (Å²) in [4.78, 5) is 14.8. The van der Waals surface area contributed by atoms with Gasteiger partial charge < -0.3 is 5.32 Å². The lowest BCUT2D eigenvalue weighted by molar-refractivity contribution is 0.0820. The fourth-order valence-corrected chi connectivity index (χ4v) is 2.97. The lowest BCUT2D eigenvalue weighted by atomic mass is 10.0. The second-order valence-electron chi connectivity index (χ2n) is 5.12. The Kier molecular flexibility index (Phi) is 4.57. The topological polar surface area (TPSA) is 66.5 Å². The van der Waals surface area contributed by atoms with Gasteiger partial charge in [0.2, 0.25) is 0 Å². The van der Waals surface area contributed by atoms with Gasteiger partial charge in [-0.05, 0) is 19.1 Å². The summed E-state index contributed by atoms with van der Waals surface area (Å²) in [5.74, 6) is 0.0342. The normalized spacial score (nSPS) is 18.7. The standard InChI is InChI=1S/C14H20N2O3S/c1-11(16-9-7-15-8-10-16)14(17)12-3-5-13(6-4-12)20(2,18)19/h3-6,11,15H,7-10H2,1-2H3. The molecule has 0 spiro atoms. The molecule has 1 fully saturated rings. The van der Waals surface area contributed by atoms with Gasteiger partial charge in [-0.1, -0.05) is 12.1 Å². The maximum atomic E-state index is 12.4. The highest BCUT2D eigenvalue weighted by Gasteiger charge is 2.23. The molecule has 110 valence electrons. The van der Waals surface area contributed by atoms with Crippen LogP contribution in [-0.2, 0) is 9.84 Å². The molecule has 1 saturated heterocycles. The molecule has 20 heavy (non-hydrogen) atoms. The number of rotatable bonds is 4. The molecule has 0 saturated carbocycles. The first kappa shape index (κ1) is 15.2. The van der Waals surface area contributed by atoms with Gasteiger partial charge in [-0.2, -0.15) is 0 Å². The Bertz CT molecular complexity index is 575. The van der Waals surface area contributed by atoms with Gasteiger partial charge in [0.1, 0.15) is 0 Å². The van der Waals surface area contributed by atoms with E-state index in [2.05, 4.69) is 10.2 Å². The number of nitrogens with one attached hydrogen (secondary N) is 1. The summed E-state index contributed by atoms with van der Waals surface area (Å²) in [6.45, 7) is 5.40. The molecule has 0 radical (unpaired) electrons. The molecule has 1 aromatic rings. The first-order chi connectivity index (χ1) is 9.39. The lowest BCUT2D eigenvalue weighted by Gasteiger charge is -2.31. The number of benzene rings is 1. The number of Topliss-reactive ketones (excluding diaryl/α,β-unsaturated/α-hetero) is 1. The Hall–Kier alpha value is -1.24. The Morgan fingerprint density at radius 3 is 2.25 bits per heavy atom. The third-order valence-electron chi connectivity index (χ3n) is 3.65. The molecular weight excluding hydrogens is 276 g/mol. The van der Waals surface area contributed by atoms with Gasteiger partial charge in [-0.15, -0.1) is 0 Å². The summed E-state index contributed by atoms with van der Waals surface area (Å²) in [5.41, 5.74) is 0.559. The van der Waals surface area contributed by atoms with Gasteiger partial charge in [-0.3, -0.25) is 9.69 Å². The third kappa shape index (κ3) is 3.45. The van der Waals surface area contributed by atoms with E-state index >= 15 is 0 Å². The second kappa shape index (κ2) is 6.03. The number of hydrogen-bond donors (Lipinski definition) is 1. The fraction of sp³-hybridized carbons (Fsp3) is 0.500. The number of piperazine rings is 1. The second-order valence-corrected chi connectivity index (χ2v) is 7.14. The van der Waals surface area contributed by atoms with Crippen LogP contribution in [0.1, 0.15) is 17.3 Å². The molecule has 1 atom stereocenters. The van der Waals surface area contributed by atoms with Gasteiger partial charge >= 0.3 is 0 Å². The highest BCUT2D eigenvalue weighted by molar-refractivity contribution is 7.90. The van der Waals surface area contributed by atoms with Crippen molar-refractivity contribution in [2.45, 2.75) is 17.9 Å². The largest absolute Gasteiger partial charge is 0.314 e. The molecule has 1 aromatic carbocycles. The molecule has 1 unspecified atom stereocenters. The van der Waals surface area contributed by atoms with Gasteiger partial charge in [0.05, 0.1) is 10.9 Å². The van der Waals surface area contributed by atoms with Crippen LogP contribution in [-0.4, -0.2) is 57.6 Å². The van der Waals surface area contributed by atoms with E-state index in [0.29, 0.717) is 5.56 Å². The predicted molar refractivity (Wildman–Crippen MR) is 77.8 cm³/mol. The molecule has 1 aliphatic rings. The Balaban J connectivity index is 2.12. The monoisotopic (exact) mass is 296 g/mol. The number of carbonyl (C=O) groups excluding carboxylic acids is 1. The first-order valence-electron chi connectivity index (χ1n) is 6.68. The smallest absolute Gasteiger partial charge is 0.179 e. The van der Waals surface area contributed by atoms with Gasteiger partial charge in [-0.25, -0.2) is 8.42 Å². The average molecular weight is 296 g/mol. The van der Waals surface area contributed by atoms with Crippen LogP contribution in [0, 0.1) is 0 Å². The van der Waals surface area contributed by atoms with Crippen molar-refractivity contribution in [1.82, 2.24) is 10.2 Å². The molecule has 0 bridgehead atoms. The van der Waals surface area contributed by atoms with Gasteiger partial charge in [0, 0.05) is 38.0 Å². The van der Waals surface area contributed by atoms with Crippen molar-refractivity contribution in [2.75, 3.05) is 32.4 Å². The maximum absolute atomic E-state index is 12.4. The Labute approximate surface area is 119 Å². The highest BCUT2D eigenvalue weighted by atomic mass is 32.2. The van der Waals surface area contributed by atoms with E-state index in [1.807, 2.05) is 6.92 Å². The minimum Gasteiger partial charge on any atom is -0.314 e. The van der Waals surface area contributed by atoms with Crippen molar-refractivity contribution in [1.29, 1.82) is 0 Å². The van der Waals surface area contributed by atoms with Crippen molar-refractivity contribution >= 4 is 15.6 Å². The Morgan fingerprint density at radius 1 is 1.20 bits per heavy atom. The minimum absolute atomic E-state index is 0.0342. The molecule has 0 aromatic heterocycles. The van der Waals surface area contributed by atoms with Crippen molar-refractivity contribution in [3.8, 4) is 0 Å². The summed E-state index contributed by atoms with van der Waals surface area (Å²) in [6.07, 6.45) is 1.16.